The van der Waals surface area contributed by atoms with Gasteiger partial charge in [-0.3, -0.25) is 0 Å². The largest absolute Gasteiger partial charge is 0.487 e. The predicted molar refractivity (Wildman–Crippen MR) is 113 cm³/mol. The van der Waals surface area contributed by atoms with E-state index < -0.39 is 5.97 Å². The van der Waals surface area contributed by atoms with Crippen molar-refractivity contribution < 1.29 is 19.0 Å². The van der Waals surface area contributed by atoms with Crippen LogP contribution in [0.3, 0.4) is 0 Å². The first kappa shape index (κ1) is 20.3. The smallest absolute Gasteiger partial charge is 0.339 e. The van der Waals surface area contributed by atoms with E-state index in [0.717, 1.165) is 29.4 Å². The van der Waals surface area contributed by atoms with Crippen molar-refractivity contribution in [2.75, 3.05) is 11.4 Å². The van der Waals surface area contributed by atoms with Gasteiger partial charge in [-0.2, -0.15) is 0 Å². The zero-order chi connectivity index (χ0) is 21.1. The van der Waals surface area contributed by atoms with Gasteiger partial charge in [-0.1, -0.05) is 28.1 Å². The van der Waals surface area contributed by atoms with Gasteiger partial charge >= 0.3 is 5.97 Å². The summed E-state index contributed by atoms with van der Waals surface area (Å²) < 4.78 is 19.7. The molecule has 4 rings (SSSR count). The lowest BCUT2D eigenvalue weighted by Gasteiger charge is -2.25. The van der Waals surface area contributed by atoms with Crippen molar-refractivity contribution in [1.29, 1.82) is 0 Å². The van der Waals surface area contributed by atoms with E-state index in [4.69, 9.17) is 4.74 Å². The fourth-order valence-electron chi connectivity index (χ4n) is 3.55. The summed E-state index contributed by atoms with van der Waals surface area (Å²) in [5.74, 6) is -0.582. The molecular formula is C22H19BrFN3O3. The van der Waals surface area contributed by atoms with Gasteiger partial charge in [0, 0.05) is 17.2 Å². The van der Waals surface area contributed by atoms with Crippen molar-refractivity contribution in [3.8, 4) is 5.75 Å². The number of hydrogen-bond donors (Lipinski definition) is 1. The third-order valence-electron chi connectivity index (χ3n) is 5.04. The summed E-state index contributed by atoms with van der Waals surface area (Å²) in [5.41, 5.74) is 1.42. The normalized spacial score (nSPS) is 15.9. The average molecular weight is 472 g/mol. The van der Waals surface area contributed by atoms with Gasteiger partial charge in [0.25, 0.3) is 0 Å². The lowest BCUT2D eigenvalue weighted by molar-refractivity contribution is 0.0692. The number of carboxylic acids is 1. The molecular weight excluding hydrogens is 453 g/mol. The molecule has 1 fully saturated rings. The number of halogens is 2. The SMILES string of the molecule is O=C(O)c1cnc(N2CCCC2c2ccc(Br)cc2)nc1COc1ccc(F)cc1. The Morgan fingerprint density at radius 2 is 1.93 bits per heavy atom. The van der Waals surface area contributed by atoms with Crippen molar-refractivity contribution in [3.63, 3.8) is 0 Å². The summed E-state index contributed by atoms with van der Waals surface area (Å²) in [6, 6.07) is 13.8. The number of benzene rings is 2. The zero-order valence-electron chi connectivity index (χ0n) is 16.0. The number of carboxylic acid groups (broad SMARTS) is 1. The Kier molecular flexibility index (Phi) is 5.94. The Morgan fingerprint density at radius 1 is 1.20 bits per heavy atom. The molecule has 2 aromatic carbocycles. The number of hydrogen-bond acceptors (Lipinski definition) is 5. The van der Waals surface area contributed by atoms with Gasteiger partial charge < -0.3 is 14.7 Å². The molecule has 1 atom stereocenters. The quantitative estimate of drug-likeness (QED) is 0.545. The molecule has 0 aliphatic carbocycles. The average Bonchev–Trinajstić information content (AvgIpc) is 3.23. The summed E-state index contributed by atoms with van der Waals surface area (Å²) in [5, 5.41) is 9.51. The second kappa shape index (κ2) is 8.79. The first-order valence-corrected chi connectivity index (χ1v) is 10.3. The van der Waals surface area contributed by atoms with Crippen LogP contribution in [0.2, 0.25) is 0 Å². The number of ether oxygens (including phenoxy) is 1. The fraction of sp³-hybridized carbons (Fsp3) is 0.227. The summed E-state index contributed by atoms with van der Waals surface area (Å²) in [7, 11) is 0. The monoisotopic (exact) mass is 471 g/mol. The number of nitrogens with zero attached hydrogens (tertiary/aromatic N) is 3. The number of aromatic carboxylic acids is 1. The van der Waals surface area contributed by atoms with E-state index in [-0.39, 0.29) is 29.7 Å². The second-order valence-electron chi connectivity index (χ2n) is 6.98. The highest BCUT2D eigenvalue weighted by Gasteiger charge is 2.29. The maximum Gasteiger partial charge on any atom is 0.339 e. The molecule has 1 aromatic heterocycles. The molecule has 0 bridgehead atoms. The first-order chi connectivity index (χ1) is 14.5. The molecule has 154 valence electrons. The van der Waals surface area contributed by atoms with Crippen molar-refractivity contribution in [2.45, 2.75) is 25.5 Å². The third-order valence-corrected chi connectivity index (χ3v) is 5.57. The molecule has 0 radical (unpaired) electrons. The number of anilines is 1. The van der Waals surface area contributed by atoms with Crippen LogP contribution >= 0.6 is 15.9 Å². The number of rotatable bonds is 6. The Hall–Kier alpha value is -3.00. The van der Waals surface area contributed by atoms with Crippen molar-refractivity contribution >= 4 is 27.8 Å². The molecule has 30 heavy (non-hydrogen) atoms. The van der Waals surface area contributed by atoms with E-state index in [1.165, 1.54) is 30.5 Å². The highest BCUT2D eigenvalue weighted by Crippen LogP contribution is 2.35. The molecule has 3 aromatic rings. The Balaban J connectivity index is 1.60. The van der Waals surface area contributed by atoms with Crippen LogP contribution in [0.1, 0.15) is 40.5 Å². The molecule has 6 nitrogen and oxygen atoms in total. The van der Waals surface area contributed by atoms with Gasteiger partial charge in [0.05, 0.1) is 11.7 Å². The van der Waals surface area contributed by atoms with E-state index in [9.17, 15) is 14.3 Å². The van der Waals surface area contributed by atoms with Crippen LogP contribution in [0.25, 0.3) is 0 Å². The van der Waals surface area contributed by atoms with E-state index in [1.54, 1.807) is 0 Å². The van der Waals surface area contributed by atoms with Crippen LogP contribution < -0.4 is 9.64 Å². The molecule has 1 unspecified atom stereocenters. The third kappa shape index (κ3) is 4.43. The molecule has 2 heterocycles. The van der Waals surface area contributed by atoms with Crippen LogP contribution in [0.4, 0.5) is 10.3 Å². The van der Waals surface area contributed by atoms with Gasteiger partial charge in [0.1, 0.15) is 23.7 Å². The van der Waals surface area contributed by atoms with E-state index >= 15 is 0 Å². The van der Waals surface area contributed by atoms with Gasteiger partial charge in [0.15, 0.2) is 0 Å². The highest BCUT2D eigenvalue weighted by atomic mass is 79.9. The second-order valence-corrected chi connectivity index (χ2v) is 7.90. The molecule has 1 N–H and O–H groups in total. The molecule has 0 amide bonds. The van der Waals surface area contributed by atoms with E-state index in [1.807, 2.05) is 12.1 Å². The molecule has 0 saturated carbocycles. The molecule has 1 saturated heterocycles. The van der Waals surface area contributed by atoms with Crippen molar-refractivity contribution in [3.05, 3.63) is 81.8 Å². The van der Waals surface area contributed by atoms with Crippen LogP contribution in [0, 0.1) is 5.82 Å². The molecule has 8 heteroatoms. The molecule has 1 aliphatic rings. The minimum atomic E-state index is -1.12. The molecule has 0 spiro atoms. The Morgan fingerprint density at radius 3 is 2.63 bits per heavy atom. The highest BCUT2D eigenvalue weighted by molar-refractivity contribution is 9.10. The Bertz CT molecular complexity index is 1040. The van der Waals surface area contributed by atoms with Gasteiger partial charge in [0.2, 0.25) is 5.95 Å². The summed E-state index contributed by atoms with van der Waals surface area (Å²) in [4.78, 5) is 22.6. The first-order valence-electron chi connectivity index (χ1n) is 9.51. The topological polar surface area (TPSA) is 75.5 Å². The standard InChI is InChI=1S/C22H19BrFN3O3/c23-15-5-3-14(4-6-15)20-2-1-11-27(20)22-25-12-18(21(28)29)19(26-22)13-30-17-9-7-16(24)8-10-17/h3-10,12,20H,1-2,11,13H2,(H,28,29). The maximum absolute atomic E-state index is 13.1. The summed E-state index contributed by atoms with van der Waals surface area (Å²) in [6.07, 6.45) is 3.28. The van der Waals surface area contributed by atoms with Crippen LogP contribution in [-0.4, -0.2) is 27.6 Å². The minimum absolute atomic E-state index is 0.0137. The fourth-order valence-corrected chi connectivity index (χ4v) is 3.82. The zero-order valence-corrected chi connectivity index (χ0v) is 17.5. The van der Waals surface area contributed by atoms with Crippen molar-refractivity contribution in [1.82, 2.24) is 9.97 Å². The number of aromatic nitrogens is 2. The number of carbonyl (C=O) groups is 1. The van der Waals surface area contributed by atoms with Crippen molar-refractivity contribution in [2.24, 2.45) is 0 Å². The van der Waals surface area contributed by atoms with E-state index in [0.29, 0.717) is 11.7 Å². The van der Waals surface area contributed by atoms with Gasteiger partial charge in [-0.15, -0.1) is 0 Å². The lowest BCUT2D eigenvalue weighted by Crippen LogP contribution is -2.26. The summed E-state index contributed by atoms with van der Waals surface area (Å²) >= 11 is 3.46. The van der Waals surface area contributed by atoms with Crippen LogP contribution in [0.5, 0.6) is 5.75 Å². The van der Waals surface area contributed by atoms with Crippen LogP contribution in [0.15, 0.2) is 59.2 Å². The summed E-state index contributed by atoms with van der Waals surface area (Å²) in [6.45, 7) is 0.727. The minimum Gasteiger partial charge on any atom is -0.487 e. The van der Waals surface area contributed by atoms with Gasteiger partial charge in [-0.25, -0.2) is 19.2 Å². The molecule has 1 aliphatic heterocycles. The lowest BCUT2D eigenvalue weighted by atomic mass is 10.1. The Labute approximate surface area is 181 Å². The predicted octanol–water partition coefficient (Wildman–Crippen LogP) is 5.00. The van der Waals surface area contributed by atoms with Gasteiger partial charge in [-0.05, 0) is 54.8 Å². The van der Waals surface area contributed by atoms with E-state index in [2.05, 4.69) is 42.9 Å². The maximum atomic E-state index is 13.1. The van der Waals surface area contributed by atoms with Crippen LogP contribution in [-0.2, 0) is 6.61 Å².